The normalized spacial score (nSPS) is 19.0. The molecule has 1 aromatic carbocycles. The summed E-state index contributed by atoms with van der Waals surface area (Å²) in [6, 6.07) is 8.89. The van der Waals surface area contributed by atoms with Crippen molar-refractivity contribution in [2.75, 3.05) is 32.8 Å². The highest BCUT2D eigenvalue weighted by Crippen LogP contribution is 2.29. The Bertz CT molecular complexity index is 739. The largest absolute Gasteiger partial charge is 0.493 e. The van der Waals surface area contributed by atoms with Gasteiger partial charge in [0, 0.05) is 30.1 Å². The smallest absolute Gasteiger partial charge is 0.319 e. The lowest BCUT2D eigenvalue weighted by molar-refractivity contribution is 0.182. The van der Waals surface area contributed by atoms with Gasteiger partial charge in [-0.25, -0.2) is 4.79 Å². The van der Waals surface area contributed by atoms with E-state index in [2.05, 4.69) is 15.6 Å². The molecule has 2 atom stereocenters. The number of amides is 2. The number of carbonyl (C=O) groups excluding carboxylic acids is 1. The average Bonchev–Trinajstić information content (AvgIpc) is 3.08. The van der Waals surface area contributed by atoms with Gasteiger partial charge in [0.05, 0.1) is 33.5 Å². The molecule has 0 saturated carbocycles. The molecule has 2 aromatic rings. The van der Waals surface area contributed by atoms with Crippen molar-refractivity contribution >= 4 is 11.7 Å². The van der Waals surface area contributed by atoms with Crippen molar-refractivity contribution in [3.63, 3.8) is 0 Å². The standard InChI is InChI=1S/C19H23N3O4/c1-24-17-4-3-15(10-18(17)25-2)21-19(23)22-16-12-26-11-14(16)9-13-5-7-20-8-6-13/h3-8,10,14,16H,9,11-12H2,1-2H3,(H2,21,22,23)/t14-,16+/m1/s1. The van der Waals surface area contributed by atoms with Crippen LogP contribution in [0.3, 0.4) is 0 Å². The fraction of sp³-hybridized carbons (Fsp3) is 0.368. The van der Waals surface area contributed by atoms with E-state index >= 15 is 0 Å². The molecule has 1 saturated heterocycles. The number of benzene rings is 1. The number of urea groups is 1. The first-order chi connectivity index (χ1) is 12.7. The second kappa shape index (κ2) is 8.53. The first kappa shape index (κ1) is 18.0. The van der Waals surface area contributed by atoms with E-state index in [1.165, 1.54) is 5.56 Å². The summed E-state index contributed by atoms with van der Waals surface area (Å²) >= 11 is 0. The zero-order chi connectivity index (χ0) is 18.4. The molecule has 1 aromatic heterocycles. The number of ether oxygens (including phenoxy) is 3. The Morgan fingerprint density at radius 2 is 1.92 bits per heavy atom. The lowest BCUT2D eigenvalue weighted by Gasteiger charge is -2.19. The van der Waals surface area contributed by atoms with Gasteiger partial charge < -0.3 is 24.8 Å². The van der Waals surface area contributed by atoms with E-state index in [1.54, 1.807) is 44.8 Å². The molecule has 2 amide bonds. The molecule has 0 aliphatic carbocycles. The van der Waals surface area contributed by atoms with Crippen LogP contribution >= 0.6 is 0 Å². The number of aromatic nitrogens is 1. The van der Waals surface area contributed by atoms with Gasteiger partial charge in [-0.15, -0.1) is 0 Å². The van der Waals surface area contributed by atoms with Crippen molar-refractivity contribution in [3.05, 3.63) is 48.3 Å². The maximum Gasteiger partial charge on any atom is 0.319 e. The topological polar surface area (TPSA) is 81.7 Å². The summed E-state index contributed by atoms with van der Waals surface area (Å²) in [5, 5.41) is 5.83. The highest BCUT2D eigenvalue weighted by molar-refractivity contribution is 5.89. The predicted octanol–water partition coefficient (Wildman–Crippen LogP) is 2.48. The molecule has 26 heavy (non-hydrogen) atoms. The van der Waals surface area contributed by atoms with Gasteiger partial charge in [0.2, 0.25) is 0 Å². The molecular weight excluding hydrogens is 334 g/mol. The van der Waals surface area contributed by atoms with Gasteiger partial charge in [0.15, 0.2) is 11.5 Å². The Morgan fingerprint density at radius 1 is 1.15 bits per heavy atom. The molecule has 0 unspecified atom stereocenters. The monoisotopic (exact) mass is 357 g/mol. The van der Waals surface area contributed by atoms with Gasteiger partial charge >= 0.3 is 6.03 Å². The Labute approximate surface area is 152 Å². The van der Waals surface area contributed by atoms with E-state index in [4.69, 9.17) is 14.2 Å². The Morgan fingerprint density at radius 3 is 2.65 bits per heavy atom. The molecule has 2 heterocycles. The maximum absolute atomic E-state index is 12.4. The molecule has 7 heteroatoms. The van der Waals surface area contributed by atoms with Gasteiger partial charge in [-0.1, -0.05) is 0 Å². The van der Waals surface area contributed by atoms with Crippen LogP contribution < -0.4 is 20.1 Å². The molecule has 0 bridgehead atoms. The average molecular weight is 357 g/mol. The van der Waals surface area contributed by atoms with E-state index < -0.39 is 0 Å². The van der Waals surface area contributed by atoms with Gasteiger partial charge in [-0.3, -0.25) is 4.98 Å². The summed E-state index contributed by atoms with van der Waals surface area (Å²) in [5.41, 5.74) is 1.81. The van der Waals surface area contributed by atoms with Crippen LogP contribution in [0, 0.1) is 5.92 Å². The maximum atomic E-state index is 12.4. The third kappa shape index (κ3) is 4.43. The number of hydrogen-bond donors (Lipinski definition) is 2. The molecule has 0 radical (unpaired) electrons. The lowest BCUT2D eigenvalue weighted by atomic mass is 9.95. The molecular formula is C19H23N3O4. The molecule has 2 N–H and O–H groups in total. The molecule has 1 aliphatic rings. The highest BCUT2D eigenvalue weighted by atomic mass is 16.5. The number of methoxy groups -OCH3 is 2. The summed E-state index contributed by atoms with van der Waals surface area (Å²) in [5.74, 6) is 1.40. The number of nitrogens with one attached hydrogen (secondary N) is 2. The van der Waals surface area contributed by atoms with E-state index in [-0.39, 0.29) is 18.0 Å². The predicted molar refractivity (Wildman–Crippen MR) is 97.7 cm³/mol. The van der Waals surface area contributed by atoms with Crippen molar-refractivity contribution < 1.29 is 19.0 Å². The van der Waals surface area contributed by atoms with Gasteiger partial charge in [-0.05, 0) is 36.2 Å². The summed E-state index contributed by atoms with van der Waals surface area (Å²) < 4.78 is 16.0. The van der Waals surface area contributed by atoms with Crippen LogP contribution in [0.15, 0.2) is 42.7 Å². The number of carbonyl (C=O) groups is 1. The van der Waals surface area contributed by atoms with Crippen LogP contribution in [0.1, 0.15) is 5.56 Å². The van der Waals surface area contributed by atoms with E-state index in [0.717, 1.165) is 6.42 Å². The zero-order valence-corrected chi connectivity index (χ0v) is 14.9. The van der Waals surface area contributed by atoms with Crippen molar-refractivity contribution in [1.29, 1.82) is 0 Å². The van der Waals surface area contributed by atoms with Crippen molar-refractivity contribution in [2.24, 2.45) is 5.92 Å². The van der Waals surface area contributed by atoms with Crippen molar-refractivity contribution in [2.45, 2.75) is 12.5 Å². The second-order valence-corrected chi connectivity index (χ2v) is 6.13. The van der Waals surface area contributed by atoms with Crippen LogP contribution in [-0.2, 0) is 11.2 Å². The van der Waals surface area contributed by atoms with Gasteiger partial charge in [0.25, 0.3) is 0 Å². The van der Waals surface area contributed by atoms with E-state index in [9.17, 15) is 4.79 Å². The van der Waals surface area contributed by atoms with E-state index in [0.29, 0.717) is 30.4 Å². The minimum atomic E-state index is -0.271. The molecule has 1 fully saturated rings. The molecule has 3 rings (SSSR count). The first-order valence-corrected chi connectivity index (χ1v) is 8.45. The number of anilines is 1. The van der Waals surface area contributed by atoms with Crippen LogP contribution in [0.4, 0.5) is 10.5 Å². The number of pyridine rings is 1. The Kier molecular flexibility index (Phi) is 5.91. The first-order valence-electron chi connectivity index (χ1n) is 8.45. The zero-order valence-electron chi connectivity index (χ0n) is 14.9. The van der Waals surface area contributed by atoms with Crippen LogP contribution in [0.5, 0.6) is 11.5 Å². The minimum Gasteiger partial charge on any atom is -0.493 e. The third-order valence-corrected chi connectivity index (χ3v) is 4.40. The second-order valence-electron chi connectivity index (χ2n) is 6.13. The molecule has 0 spiro atoms. The van der Waals surface area contributed by atoms with Crippen molar-refractivity contribution in [3.8, 4) is 11.5 Å². The van der Waals surface area contributed by atoms with Gasteiger partial charge in [-0.2, -0.15) is 0 Å². The van der Waals surface area contributed by atoms with Crippen LogP contribution in [0.25, 0.3) is 0 Å². The van der Waals surface area contributed by atoms with Crippen LogP contribution in [0.2, 0.25) is 0 Å². The summed E-state index contributed by atoms with van der Waals surface area (Å²) in [4.78, 5) is 16.4. The molecule has 138 valence electrons. The summed E-state index contributed by atoms with van der Waals surface area (Å²) in [6.07, 6.45) is 4.39. The highest BCUT2D eigenvalue weighted by Gasteiger charge is 2.29. The number of hydrogen-bond acceptors (Lipinski definition) is 5. The molecule has 7 nitrogen and oxygen atoms in total. The fourth-order valence-corrected chi connectivity index (χ4v) is 3.03. The Hall–Kier alpha value is -2.80. The lowest BCUT2D eigenvalue weighted by Crippen LogP contribution is -2.42. The molecule has 1 aliphatic heterocycles. The van der Waals surface area contributed by atoms with Crippen molar-refractivity contribution in [1.82, 2.24) is 10.3 Å². The Balaban J connectivity index is 1.58. The van der Waals surface area contributed by atoms with Crippen LogP contribution in [-0.4, -0.2) is 44.5 Å². The summed E-state index contributed by atoms with van der Waals surface area (Å²) in [7, 11) is 3.13. The fourth-order valence-electron chi connectivity index (χ4n) is 3.03. The third-order valence-electron chi connectivity index (χ3n) is 4.40. The number of rotatable bonds is 6. The number of nitrogens with zero attached hydrogens (tertiary/aromatic N) is 1. The van der Waals surface area contributed by atoms with E-state index in [1.807, 2.05) is 12.1 Å². The van der Waals surface area contributed by atoms with Gasteiger partial charge in [0.1, 0.15) is 0 Å². The summed E-state index contributed by atoms with van der Waals surface area (Å²) in [6.45, 7) is 1.14. The SMILES string of the molecule is COc1ccc(NC(=O)N[C@H]2COC[C@H]2Cc2ccncc2)cc1OC. The quantitative estimate of drug-likeness (QED) is 0.830. The minimum absolute atomic E-state index is 0.0386.